The average molecular weight is 285 g/mol. The molecule has 0 aromatic heterocycles. The van der Waals surface area contributed by atoms with Gasteiger partial charge in [-0.2, -0.15) is 0 Å². The van der Waals surface area contributed by atoms with Crippen molar-refractivity contribution in [3.63, 3.8) is 0 Å². The van der Waals surface area contributed by atoms with Crippen LogP contribution in [0.5, 0.6) is 0 Å². The van der Waals surface area contributed by atoms with E-state index >= 15 is 0 Å². The molecule has 6 nitrogen and oxygen atoms in total. The monoisotopic (exact) mass is 285 g/mol. The van der Waals surface area contributed by atoms with Gasteiger partial charge in [0.2, 0.25) is 5.91 Å². The molecule has 114 valence electrons. The number of carboxylic acids is 1. The number of amides is 1. The first-order valence-corrected chi connectivity index (χ1v) is 7.26. The Balaban J connectivity index is 1.91. The maximum absolute atomic E-state index is 12.2. The number of nitrogens with one attached hydrogen (secondary N) is 1. The van der Waals surface area contributed by atoms with Gasteiger partial charge in [0.1, 0.15) is 5.60 Å². The normalized spacial score (nSPS) is 37.0. The quantitative estimate of drug-likeness (QED) is 0.679. The van der Waals surface area contributed by atoms with Crippen molar-refractivity contribution < 1.29 is 24.5 Å². The summed E-state index contributed by atoms with van der Waals surface area (Å²) in [6.45, 7) is 2.86. The van der Waals surface area contributed by atoms with Crippen LogP contribution in [0.4, 0.5) is 0 Å². The topological polar surface area (TPSA) is 95.9 Å². The standard InChI is InChI=1S/C14H23NO5/c1-2-9-5-10(11(6-9)13(17)18)12(16)15-7-14(19)3-4-20-8-14/h9-11,19H,2-8H2,1H3,(H,15,16)(H,17,18). The number of rotatable bonds is 5. The minimum atomic E-state index is -1.00. The summed E-state index contributed by atoms with van der Waals surface area (Å²) < 4.78 is 5.12. The van der Waals surface area contributed by atoms with Gasteiger partial charge in [-0.15, -0.1) is 0 Å². The van der Waals surface area contributed by atoms with Gasteiger partial charge in [-0.25, -0.2) is 0 Å². The zero-order valence-corrected chi connectivity index (χ0v) is 11.8. The summed E-state index contributed by atoms with van der Waals surface area (Å²) in [5.74, 6) is -1.94. The van der Waals surface area contributed by atoms with E-state index in [4.69, 9.17) is 4.74 Å². The van der Waals surface area contributed by atoms with Crippen molar-refractivity contribution in [1.82, 2.24) is 5.32 Å². The molecular weight excluding hydrogens is 262 g/mol. The summed E-state index contributed by atoms with van der Waals surface area (Å²) in [5, 5.41) is 22.0. The Morgan fingerprint density at radius 3 is 2.60 bits per heavy atom. The number of hydrogen-bond acceptors (Lipinski definition) is 4. The maximum atomic E-state index is 12.2. The lowest BCUT2D eigenvalue weighted by Crippen LogP contribution is -2.46. The van der Waals surface area contributed by atoms with Crippen LogP contribution in [0.15, 0.2) is 0 Å². The highest BCUT2D eigenvalue weighted by molar-refractivity contribution is 5.85. The van der Waals surface area contributed by atoms with Gasteiger partial charge in [0.25, 0.3) is 0 Å². The minimum Gasteiger partial charge on any atom is -0.481 e. The molecule has 20 heavy (non-hydrogen) atoms. The smallest absolute Gasteiger partial charge is 0.307 e. The van der Waals surface area contributed by atoms with E-state index in [-0.39, 0.29) is 19.1 Å². The van der Waals surface area contributed by atoms with E-state index in [1.54, 1.807) is 0 Å². The van der Waals surface area contributed by atoms with Crippen molar-refractivity contribution in [3.8, 4) is 0 Å². The Labute approximate surface area is 118 Å². The van der Waals surface area contributed by atoms with Crippen LogP contribution in [-0.4, -0.2) is 47.4 Å². The largest absolute Gasteiger partial charge is 0.481 e. The third-order valence-corrected chi connectivity index (χ3v) is 4.57. The van der Waals surface area contributed by atoms with Crippen LogP contribution in [0, 0.1) is 17.8 Å². The van der Waals surface area contributed by atoms with Crippen LogP contribution in [0.2, 0.25) is 0 Å². The molecule has 1 heterocycles. The summed E-state index contributed by atoms with van der Waals surface area (Å²) in [5.41, 5.74) is -1.00. The van der Waals surface area contributed by atoms with Gasteiger partial charge in [-0.05, 0) is 18.8 Å². The second-order valence-corrected chi connectivity index (χ2v) is 6.04. The van der Waals surface area contributed by atoms with Crippen LogP contribution in [0.1, 0.15) is 32.6 Å². The Bertz CT molecular complexity index is 378. The minimum absolute atomic E-state index is 0.130. The van der Waals surface area contributed by atoms with Crippen LogP contribution in [0.25, 0.3) is 0 Å². The number of aliphatic hydroxyl groups is 1. The Morgan fingerprint density at radius 2 is 2.05 bits per heavy atom. The third-order valence-electron chi connectivity index (χ3n) is 4.57. The van der Waals surface area contributed by atoms with Gasteiger partial charge in [-0.3, -0.25) is 9.59 Å². The van der Waals surface area contributed by atoms with Crippen molar-refractivity contribution in [2.75, 3.05) is 19.8 Å². The van der Waals surface area contributed by atoms with Crippen molar-refractivity contribution >= 4 is 11.9 Å². The highest BCUT2D eigenvalue weighted by Gasteiger charge is 2.43. The second-order valence-electron chi connectivity index (χ2n) is 6.04. The van der Waals surface area contributed by atoms with Gasteiger partial charge < -0.3 is 20.3 Å². The molecule has 6 heteroatoms. The number of carboxylic acid groups (broad SMARTS) is 1. The molecule has 1 amide bonds. The van der Waals surface area contributed by atoms with Crippen LogP contribution < -0.4 is 5.32 Å². The van der Waals surface area contributed by atoms with Crippen molar-refractivity contribution in [3.05, 3.63) is 0 Å². The molecule has 1 saturated heterocycles. The van der Waals surface area contributed by atoms with Gasteiger partial charge in [0.05, 0.1) is 18.4 Å². The molecular formula is C14H23NO5. The molecule has 4 atom stereocenters. The van der Waals surface area contributed by atoms with Gasteiger partial charge >= 0.3 is 5.97 Å². The lowest BCUT2D eigenvalue weighted by atomic mass is 9.95. The van der Waals surface area contributed by atoms with Crippen molar-refractivity contribution in [2.45, 2.75) is 38.2 Å². The Morgan fingerprint density at radius 1 is 1.35 bits per heavy atom. The summed E-state index contributed by atoms with van der Waals surface area (Å²) >= 11 is 0. The molecule has 2 aliphatic rings. The zero-order chi connectivity index (χ0) is 14.8. The molecule has 0 bridgehead atoms. The van der Waals surface area contributed by atoms with E-state index in [1.165, 1.54) is 0 Å². The molecule has 3 N–H and O–H groups in total. The van der Waals surface area contributed by atoms with E-state index in [0.717, 1.165) is 6.42 Å². The van der Waals surface area contributed by atoms with Gasteiger partial charge in [-0.1, -0.05) is 13.3 Å². The predicted molar refractivity (Wildman–Crippen MR) is 71.0 cm³/mol. The fraction of sp³-hybridized carbons (Fsp3) is 0.857. The molecule has 4 unspecified atom stereocenters. The summed E-state index contributed by atoms with van der Waals surface area (Å²) in [7, 11) is 0. The van der Waals surface area contributed by atoms with Crippen LogP contribution >= 0.6 is 0 Å². The van der Waals surface area contributed by atoms with Crippen LogP contribution in [-0.2, 0) is 14.3 Å². The number of hydrogen-bond donors (Lipinski definition) is 3. The highest BCUT2D eigenvalue weighted by atomic mass is 16.5. The van der Waals surface area contributed by atoms with Crippen molar-refractivity contribution in [1.29, 1.82) is 0 Å². The van der Waals surface area contributed by atoms with Gasteiger partial charge in [0.15, 0.2) is 0 Å². The van der Waals surface area contributed by atoms with Crippen molar-refractivity contribution in [2.24, 2.45) is 17.8 Å². The fourth-order valence-electron chi connectivity index (χ4n) is 3.16. The van der Waals surface area contributed by atoms with E-state index in [2.05, 4.69) is 5.32 Å². The first kappa shape index (κ1) is 15.3. The Hall–Kier alpha value is -1.14. The fourth-order valence-corrected chi connectivity index (χ4v) is 3.16. The molecule has 2 rings (SSSR count). The number of carbonyl (C=O) groups is 2. The van der Waals surface area contributed by atoms with E-state index in [1.807, 2.05) is 6.92 Å². The third kappa shape index (κ3) is 3.30. The first-order chi connectivity index (χ1) is 9.45. The molecule has 1 saturated carbocycles. The van der Waals surface area contributed by atoms with Gasteiger partial charge in [0, 0.05) is 19.6 Å². The summed E-state index contributed by atoms with van der Waals surface area (Å²) in [4.78, 5) is 23.4. The molecule has 0 aromatic carbocycles. The summed E-state index contributed by atoms with van der Waals surface area (Å²) in [6.07, 6.45) is 2.58. The average Bonchev–Trinajstić information content (AvgIpc) is 3.02. The molecule has 1 aliphatic carbocycles. The van der Waals surface area contributed by atoms with E-state index < -0.39 is 23.4 Å². The predicted octanol–water partition coefficient (Wildman–Crippen LogP) is 0.391. The number of carbonyl (C=O) groups excluding carboxylic acids is 1. The number of aliphatic carboxylic acids is 1. The molecule has 0 radical (unpaired) electrons. The molecule has 0 spiro atoms. The second kappa shape index (κ2) is 6.10. The Kier molecular flexibility index (Phi) is 4.65. The lowest BCUT2D eigenvalue weighted by Gasteiger charge is -2.23. The summed E-state index contributed by atoms with van der Waals surface area (Å²) in [6, 6.07) is 0. The number of ether oxygens (including phenoxy) is 1. The van der Waals surface area contributed by atoms with E-state index in [0.29, 0.717) is 31.8 Å². The molecule has 2 fully saturated rings. The SMILES string of the molecule is CCC1CC(C(=O)O)C(C(=O)NCC2(O)CCOC2)C1. The highest BCUT2D eigenvalue weighted by Crippen LogP contribution is 2.38. The molecule has 1 aliphatic heterocycles. The molecule has 0 aromatic rings. The van der Waals surface area contributed by atoms with E-state index in [9.17, 15) is 19.8 Å². The maximum Gasteiger partial charge on any atom is 0.307 e. The first-order valence-electron chi connectivity index (χ1n) is 7.26. The van der Waals surface area contributed by atoms with Crippen LogP contribution in [0.3, 0.4) is 0 Å². The lowest BCUT2D eigenvalue weighted by molar-refractivity contribution is -0.146. The zero-order valence-electron chi connectivity index (χ0n) is 11.8.